The van der Waals surface area contributed by atoms with Crippen LogP contribution < -0.4 is 10.4 Å². The highest BCUT2D eigenvalue weighted by Crippen LogP contribution is 2.27. The molecule has 134 valence electrons. The summed E-state index contributed by atoms with van der Waals surface area (Å²) in [6, 6.07) is 11.5. The van der Waals surface area contributed by atoms with E-state index in [0.29, 0.717) is 39.3 Å². The Balaban J connectivity index is 1.92. The number of ether oxygens (including phenoxy) is 2. The van der Waals surface area contributed by atoms with E-state index in [2.05, 4.69) is 0 Å². The van der Waals surface area contributed by atoms with Gasteiger partial charge < -0.3 is 13.9 Å². The van der Waals surface area contributed by atoms with Crippen molar-refractivity contribution in [3.8, 4) is 5.75 Å². The molecule has 2 aromatic carbocycles. The van der Waals surface area contributed by atoms with Gasteiger partial charge >= 0.3 is 11.6 Å². The topological polar surface area (TPSA) is 65.7 Å². The van der Waals surface area contributed by atoms with E-state index in [4.69, 9.17) is 25.5 Å². The summed E-state index contributed by atoms with van der Waals surface area (Å²) in [7, 11) is 1.48. The fourth-order valence-electron chi connectivity index (χ4n) is 2.71. The number of methoxy groups -OCH3 is 1. The molecule has 0 aliphatic rings. The molecule has 0 spiro atoms. The molecule has 6 heteroatoms. The Hall–Kier alpha value is -2.79. The monoisotopic (exact) mass is 372 g/mol. The first-order chi connectivity index (χ1) is 12.5. The number of esters is 1. The average Bonchev–Trinajstić information content (AvgIpc) is 2.65. The third-order valence-electron chi connectivity index (χ3n) is 4.06. The van der Waals surface area contributed by atoms with E-state index in [1.54, 1.807) is 36.4 Å². The van der Waals surface area contributed by atoms with Crippen LogP contribution in [0.2, 0.25) is 5.02 Å². The fraction of sp³-hybridized carbons (Fsp3) is 0.200. The number of halogens is 1. The first-order valence-electron chi connectivity index (χ1n) is 8.08. The van der Waals surface area contributed by atoms with Crippen molar-refractivity contribution in [2.24, 2.45) is 0 Å². The third kappa shape index (κ3) is 3.58. The zero-order chi connectivity index (χ0) is 18.7. The predicted octanol–water partition coefficient (Wildman–Crippen LogP) is 4.37. The Bertz CT molecular complexity index is 1020. The molecule has 0 radical (unpaired) electrons. The smallest absolute Gasteiger partial charge is 0.342 e. The van der Waals surface area contributed by atoms with Crippen LogP contribution in [-0.2, 0) is 17.8 Å². The molecule has 0 atom stereocenters. The van der Waals surface area contributed by atoms with Crippen LogP contribution in [0.25, 0.3) is 11.0 Å². The van der Waals surface area contributed by atoms with Crippen molar-refractivity contribution in [1.29, 1.82) is 0 Å². The summed E-state index contributed by atoms with van der Waals surface area (Å²) < 4.78 is 15.8. The molecule has 0 N–H and O–H groups in total. The van der Waals surface area contributed by atoms with E-state index in [-0.39, 0.29) is 6.61 Å². The van der Waals surface area contributed by atoms with E-state index < -0.39 is 11.6 Å². The maximum absolute atomic E-state index is 12.4. The fourth-order valence-corrected chi connectivity index (χ4v) is 3.01. The van der Waals surface area contributed by atoms with Gasteiger partial charge in [0.2, 0.25) is 0 Å². The van der Waals surface area contributed by atoms with E-state index in [0.717, 1.165) is 5.56 Å². The summed E-state index contributed by atoms with van der Waals surface area (Å²) in [6.07, 6.45) is 0.714. The molecule has 1 aromatic heterocycles. The van der Waals surface area contributed by atoms with Crippen molar-refractivity contribution in [2.75, 3.05) is 7.11 Å². The van der Waals surface area contributed by atoms with Crippen LogP contribution in [-0.4, -0.2) is 13.1 Å². The minimum atomic E-state index is -0.542. The van der Waals surface area contributed by atoms with Crippen molar-refractivity contribution >= 4 is 28.5 Å². The van der Waals surface area contributed by atoms with E-state index in [9.17, 15) is 9.59 Å². The quantitative estimate of drug-likeness (QED) is 0.491. The second kappa shape index (κ2) is 7.62. The maximum atomic E-state index is 12.4. The highest BCUT2D eigenvalue weighted by molar-refractivity contribution is 6.32. The van der Waals surface area contributed by atoms with Gasteiger partial charge in [-0.15, -0.1) is 0 Å². The summed E-state index contributed by atoms with van der Waals surface area (Å²) in [4.78, 5) is 24.2. The summed E-state index contributed by atoms with van der Waals surface area (Å²) in [5.41, 5.74) is 1.63. The van der Waals surface area contributed by atoms with Crippen LogP contribution in [0, 0.1) is 0 Å². The van der Waals surface area contributed by atoms with E-state index in [1.807, 2.05) is 6.92 Å². The largest absolute Gasteiger partial charge is 0.496 e. The molecule has 0 unspecified atom stereocenters. The number of hydrogen-bond acceptors (Lipinski definition) is 5. The molecule has 0 amide bonds. The van der Waals surface area contributed by atoms with Crippen LogP contribution in [0.3, 0.4) is 0 Å². The lowest BCUT2D eigenvalue weighted by atomic mass is 10.1. The van der Waals surface area contributed by atoms with Crippen molar-refractivity contribution in [1.82, 2.24) is 0 Å². The minimum Gasteiger partial charge on any atom is -0.496 e. The molecule has 3 aromatic rings. The molecule has 0 aliphatic heterocycles. The van der Waals surface area contributed by atoms with E-state index >= 15 is 0 Å². The number of carbonyl (C=O) groups is 1. The lowest BCUT2D eigenvalue weighted by molar-refractivity contribution is 0.0470. The molecule has 0 bridgehead atoms. The number of aryl methyl sites for hydroxylation is 1. The zero-order valence-corrected chi connectivity index (χ0v) is 15.1. The van der Waals surface area contributed by atoms with Crippen molar-refractivity contribution in [3.63, 3.8) is 0 Å². The molecule has 3 rings (SSSR count). The van der Waals surface area contributed by atoms with Gasteiger partial charge in [-0.2, -0.15) is 0 Å². The lowest BCUT2D eigenvalue weighted by Gasteiger charge is -2.10. The van der Waals surface area contributed by atoms with Crippen LogP contribution in [0.15, 0.2) is 51.7 Å². The summed E-state index contributed by atoms with van der Waals surface area (Å²) >= 11 is 6.27. The number of carbonyl (C=O) groups excluding carboxylic acids is 1. The molecular weight excluding hydrogens is 356 g/mol. The van der Waals surface area contributed by atoms with E-state index in [1.165, 1.54) is 13.2 Å². The average molecular weight is 373 g/mol. The van der Waals surface area contributed by atoms with Gasteiger partial charge in [-0.3, -0.25) is 0 Å². The van der Waals surface area contributed by atoms with Gasteiger partial charge in [0.25, 0.3) is 0 Å². The highest BCUT2D eigenvalue weighted by atomic mass is 35.5. The first-order valence-corrected chi connectivity index (χ1v) is 8.46. The second-order valence-electron chi connectivity index (χ2n) is 5.66. The molecule has 0 aliphatic carbocycles. The summed E-state index contributed by atoms with van der Waals surface area (Å²) in [6.45, 7) is 1.88. The minimum absolute atomic E-state index is 0.0826. The van der Waals surface area contributed by atoms with Gasteiger partial charge in [-0.25, -0.2) is 9.59 Å². The normalized spacial score (nSPS) is 10.7. The van der Waals surface area contributed by atoms with Gasteiger partial charge in [0.15, 0.2) is 0 Å². The Morgan fingerprint density at radius 1 is 1.15 bits per heavy atom. The van der Waals surface area contributed by atoms with Crippen LogP contribution in [0.1, 0.15) is 28.4 Å². The van der Waals surface area contributed by atoms with Crippen molar-refractivity contribution in [3.05, 3.63) is 74.6 Å². The lowest BCUT2D eigenvalue weighted by Crippen LogP contribution is -2.09. The zero-order valence-electron chi connectivity index (χ0n) is 14.4. The van der Waals surface area contributed by atoms with Crippen LogP contribution in [0.4, 0.5) is 0 Å². The number of hydrogen-bond donors (Lipinski definition) is 0. The predicted molar refractivity (Wildman–Crippen MR) is 99.0 cm³/mol. The standard InChI is InChI=1S/C20H17ClO5/c1-3-12-8-18-15(10-16(12)21)13(9-19(22)26-18)11-25-20(23)14-6-4-5-7-17(14)24-2/h4-10H,3,11H2,1-2H3. The van der Waals surface area contributed by atoms with Gasteiger partial charge in [0.05, 0.1) is 7.11 Å². The van der Waals surface area contributed by atoms with Gasteiger partial charge in [0, 0.05) is 22.0 Å². The Morgan fingerprint density at radius 3 is 2.65 bits per heavy atom. The summed E-state index contributed by atoms with van der Waals surface area (Å²) in [5.74, 6) is -0.120. The first kappa shape index (κ1) is 18.0. The molecule has 1 heterocycles. The Morgan fingerprint density at radius 2 is 1.92 bits per heavy atom. The van der Waals surface area contributed by atoms with Gasteiger partial charge in [-0.05, 0) is 36.2 Å². The van der Waals surface area contributed by atoms with Crippen LogP contribution in [0.5, 0.6) is 5.75 Å². The Kier molecular flexibility index (Phi) is 5.28. The number of fused-ring (bicyclic) bond motifs is 1. The molecular formula is C20H17ClO5. The van der Waals surface area contributed by atoms with Gasteiger partial charge in [0.1, 0.15) is 23.5 Å². The third-order valence-corrected chi connectivity index (χ3v) is 4.42. The molecule has 5 nitrogen and oxygen atoms in total. The van der Waals surface area contributed by atoms with Gasteiger partial charge in [-0.1, -0.05) is 30.7 Å². The highest BCUT2D eigenvalue weighted by Gasteiger charge is 2.15. The maximum Gasteiger partial charge on any atom is 0.342 e. The summed E-state index contributed by atoms with van der Waals surface area (Å²) in [5, 5.41) is 1.21. The van der Waals surface area contributed by atoms with Crippen molar-refractivity contribution in [2.45, 2.75) is 20.0 Å². The van der Waals surface area contributed by atoms with Crippen LogP contribution >= 0.6 is 11.6 Å². The number of para-hydroxylation sites is 1. The molecule has 0 saturated carbocycles. The molecule has 0 saturated heterocycles. The number of benzene rings is 2. The molecule has 26 heavy (non-hydrogen) atoms. The Labute approximate surface area is 155 Å². The second-order valence-corrected chi connectivity index (χ2v) is 6.07. The SMILES string of the molecule is CCc1cc2oc(=O)cc(COC(=O)c3ccccc3OC)c2cc1Cl. The van der Waals surface area contributed by atoms with Crippen molar-refractivity contribution < 1.29 is 18.7 Å². The number of rotatable bonds is 5. The molecule has 0 fully saturated rings.